The van der Waals surface area contributed by atoms with Gasteiger partial charge in [0.25, 0.3) is 0 Å². The molecule has 40 heavy (non-hydrogen) atoms. The van der Waals surface area contributed by atoms with E-state index in [0.717, 1.165) is 27.8 Å². The molecule has 0 bridgehead atoms. The first-order valence-electron chi connectivity index (χ1n) is 13.2. The van der Waals surface area contributed by atoms with E-state index in [4.69, 9.17) is 0 Å². The second-order valence-electron chi connectivity index (χ2n) is 10.0. The minimum absolute atomic E-state index is 0.706. The Morgan fingerprint density at radius 2 is 1.05 bits per heavy atom. The Morgan fingerprint density at radius 3 is 1.82 bits per heavy atom. The summed E-state index contributed by atoms with van der Waals surface area (Å²) in [6.45, 7) is 0. The molecule has 0 spiro atoms. The summed E-state index contributed by atoms with van der Waals surface area (Å²) in [6, 6.07) is 47.7. The highest BCUT2D eigenvalue weighted by atomic mass is 32.1. The minimum Gasteiger partial charge on any atom is -0.192 e. The molecule has 2 heterocycles. The first-order chi connectivity index (χ1) is 19.8. The molecule has 0 N–H and O–H groups in total. The maximum Gasteiger partial charge on any atom is 0.100 e. The Labute approximate surface area is 239 Å². The third-order valence-corrected chi connectivity index (χ3v) is 10.1. The van der Waals surface area contributed by atoms with Crippen molar-refractivity contribution in [3.63, 3.8) is 0 Å². The molecule has 0 atom stereocenters. The normalized spacial score (nSPS) is 11.5. The molecule has 0 aliphatic carbocycles. The van der Waals surface area contributed by atoms with Crippen molar-refractivity contribution in [1.29, 1.82) is 5.26 Å². The van der Waals surface area contributed by atoms with Gasteiger partial charge in [-0.15, -0.1) is 22.7 Å². The summed E-state index contributed by atoms with van der Waals surface area (Å²) in [5.41, 5.74) is 7.07. The van der Waals surface area contributed by atoms with Crippen molar-refractivity contribution in [3.8, 4) is 39.4 Å². The van der Waals surface area contributed by atoms with Gasteiger partial charge in [0, 0.05) is 51.5 Å². The van der Waals surface area contributed by atoms with E-state index >= 15 is 0 Å². The first-order valence-corrected chi connectivity index (χ1v) is 14.9. The predicted octanol–water partition coefficient (Wildman–Crippen LogP) is 11.3. The number of benzene rings is 6. The van der Waals surface area contributed by atoms with E-state index in [-0.39, 0.29) is 0 Å². The van der Waals surface area contributed by atoms with E-state index in [1.807, 2.05) is 40.9 Å². The van der Waals surface area contributed by atoms with Crippen LogP contribution in [0.5, 0.6) is 0 Å². The van der Waals surface area contributed by atoms with Crippen LogP contribution in [0.3, 0.4) is 0 Å². The molecule has 2 aromatic heterocycles. The Hall–Kier alpha value is -4.75. The topological polar surface area (TPSA) is 23.8 Å². The summed E-state index contributed by atoms with van der Waals surface area (Å²) in [7, 11) is 0. The number of rotatable bonds is 3. The molecule has 6 aromatic carbocycles. The molecular formula is C37H21NS2. The smallest absolute Gasteiger partial charge is 0.100 e. The number of hydrogen-bond donors (Lipinski definition) is 0. The van der Waals surface area contributed by atoms with Gasteiger partial charge in [0.2, 0.25) is 0 Å². The van der Waals surface area contributed by atoms with Crippen LogP contribution in [0, 0.1) is 11.3 Å². The fourth-order valence-electron chi connectivity index (χ4n) is 5.86. The zero-order valence-electron chi connectivity index (χ0n) is 21.4. The van der Waals surface area contributed by atoms with Gasteiger partial charge in [0.1, 0.15) is 6.07 Å². The standard InChI is InChI=1S/C37H21NS2/c38-22-33-30(23-9-2-1-3-10-23)20-25(26-13-8-14-29-27-11-4-7-16-35(27)40-37(26)29)21-31(33)24-17-18-36-32(19-24)28-12-5-6-15-34(28)39-36/h1-21H. The fraction of sp³-hybridized carbons (Fsp3) is 0. The van der Waals surface area contributed by atoms with E-state index in [2.05, 4.69) is 115 Å². The van der Waals surface area contributed by atoms with E-state index < -0.39 is 0 Å². The Bertz CT molecular complexity index is 2280. The van der Waals surface area contributed by atoms with Crippen LogP contribution in [0.15, 0.2) is 127 Å². The maximum absolute atomic E-state index is 10.5. The number of nitrogens with zero attached hydrogens (tertiary/aromatic N) is 1. The summed E-state index contributed by atoms with van der Waals surface area (Å²) < 4.78 is 5.11. The van der Waals surface area contributed by atoms with Crippen molar-refractivity contribution in [2.45, 2.75) is 0 Å². The van der Waals surface area contributed by atoms with Crippen molar-refractivity contribution in [3.05, 3.63) is 133 Å². The highest BCUT2D eigenvalue weighted by Gasteiger charge is 2.18. The van der Waals surface area contributed by atoms with Crippen LogP contribution in [0.2, 0.25) is 0 Å². The number of fused-ring (bicyclic) bond motifs is 6. The lowest BCUT2D eigenvalue weighted by Crippen LogP contribution is -1.93. The zero-order chi connectivity index (χ0) is 26.6. The summed E-state index contributed by atoms with van der Waals surface area (Å²) in [6.07, 6.45) is 0. The summed E-state index contributed by atoms with van der Waals surface area (Å²) in [5.74, 6) is 0. The van der Waals surface area contributed by atoms with Gasteiger partial charge in [-0.05, 0) is 58.7 Å². The molecule has 3 heteroatoms. The van der Waals surface area contributed by atoms with Crippen LogP contribution in [0.4, 0.5) is 0 Å². The monoisotopic (exact) mass is 543 g/mol. The molecule has 0 saturated heterocycles. The minimum atomic E-state index is 0.706. The van der Waals surface area contributed by atoms with Gasteiger partial charge in [-0.25, -0.2) is 0 Å². The van der Waals surface area contributed by atoms with Crippen LogP contribution >= 0.6 is 22.7 Å². The van der Waals surface area contributed by atoms with Crippen LogP contribution in [0.25, 0.3) is 73.7 Å². The molecule has 0 amide bonds. The van der Waals surface area contributed by atoms with Crippen molar-refractivity contribution in [1.82, 2.24) is 0 Å². The molecule has 0 radical (unpaired) electrons. The Kier molecular flexibility index (Phi) is 5.31. The van der Waals surface area contributed by atoms with E-state index in [0.29, 0.717) is 5.56 Å². The van der Waals surface area contributed by atoms with Gasteiger partial charge in [-0.2, -0.15) is 5.26 Å². The van der Waals surface area contributed by atoms with Gasteiger partial charge in [-0.3, -0.25) is 0 Å². The van der Waals surface area contributed by atoms with Crippen molar-refractivity contribution in [2.24, 2.45) is 0 Å². The highest BCUT2D eigenvalue weighted by molar-refractivity contribution is 7.26. The van der Waals surface area contributed by atoms with Crippen molar-refractivity contribution in [2.75, 3.05) is 0 Å². The van der Waals surface area contributed by atoms with E-state index in [1.54, 1.807) is 0 Å². The van der Waals surface area contributed by atoms with E-state index in [1.165, 1.54) is 45.9 Å². The lowest BCUT2D eigenvalue weighted by molar-refractivity contribution is 1.47. The van der Waals surface area contributed by atoms with Gasteiger partial charge >= 0.3 is 0 Å². The number of nitriles is 1. The molecule has 0 aliphatic rings. The fourth-order valence-corrected chi connectivity index (χ4v) is 8.18. The second kappa shape index (κ2) is 9.17. The molecule has 186 valence electrons. The van der Waals surface area contributed by atoms with Crippen LogP contribution in [0.1, 0.15) is 5.56 Å². The van der Waals surface area contributed by atoms with Gasteiger partial charge in [0.15, 0.2) is 0 Å². The maximum atomic E-state index is 10.5. The second-order valence-corrected chi connectivity index (χ2v) is 12.1. The largest absolute Gasteiger partial charge is 0.192 e. The quantitative estimate of drug-likeness (QED) is 0.217. The van der Waals surface area contributed by atoms with Gasteiger partial charge in [-0.1, -0.05) is 91.0 Å². The van der Waals surface area contributed by atoms with Crippen molar-refractivity contribution < 1.29 is 0 Å². The predicted molar refractivity (Wildman–Crippen MR) is 173 cm³/mol. The molecule has 0 unspecified atom stereocenters. The van der Waals surface area contributed by atoms with Crippen molar-refractivity contribution >= 4 is 63.0 Å². The van der Waals surface area contributed by atoms with E-state index in [9.17, 15) is 5.26 Å². The first kappa shape index (κ1) is 23.2. The van der Waals surface area contributed by atoms with Crippen LogP contribution < -0.4 is 0 Å². The lowest BCUT2D eigenvalue weighted by atomic mass is 9.88. The third kappa shape index (κ3) is 3.58. The molecule has 0 fully saturated rings. The zero-order valence-corrected chi connectivity index (χ0v) is 23.0. The molecular weight excluding hydrogens is 523 g/mol. The highest BCUT2D eigenvalue weighted by Crippen LogP contribution is 2.44. The van der Waals surface area contributed by atoms with Gasteiger partial charge < -0.3 is 0 Å². The molecule has 0 aliphatic heterocycles. The molecule has 8 aromatic rings. The Balaban J connectivity index is 1.44. The van der Waals surface area contributed by atoms with Gasteiger partial charge in [0.05, 0.1) is 5.56 Å². The summed E-state index contributed by atoms with van der Waals surface area (Å²) in [4.78, 5) is 0. The molecule has 8 rings (SSSR count). The average molecular weight is 544 g/mol. The number of thiophene rings is 2. The third-order valence-electron chi connectivity index (χ3n) is 7.74. The van der Waals surface area contributed by atoms with Crippen LogP contribution in [-0.2, 0) is 0 Å². The SMILES string of the molecule is N#Cc1c(-c2ccccc2)cc(-c2cccc3c2sc2ccccc23)cc1-c1ccc2sc3ccccc3c2c1. The number of hydrogen-bond acceptors (Lipinski definition) is 3. The summed E-state index contributed by atoms with van der Waals surface area (Å²) in [5, 5.41) is 15.6. The molecule has 0 saturated carbocycles. The average Bonchev–Trinajstić information content (AvgIpc) is 3.59. The lowest BCUT2D eigenvalue weighted by Gasteiger charge is -2.15. The summed E-state index contributed by atoms with van der Waals surface area (Å²) >= 11 is 3.65. The molecule has 1 nitrogen and oxygen atoms in total. The Morgan fingerprint density at radius 1 is 0.425 bits per heavy atom. The van der Waals surface area contributed by atoms with Crippen LogP contribution in [-0.4, -0.2) is 0 Å².